The number of carbonyl (C=O) groups is 1. The van der Waals surface area contributed by atoms with Crippen molar-refractivity contribution in [2.75, 3.05) is 0 Å². The summed E-state index contributed by atoms with van der Waals surface area (Å²) in [7, 11) is 0. The molecule has 16 heavy (non-hydrogen) atoms. The first-order chi connectivity index (χ1) is 7.61. The van der Waals surface area contributed by atoms with Crippen molar-refractivity contribution in [2.45, 2.75) is 26.7 Å². The number of fused-ring (bicyclic) bond motifs is 1. The zero-order valence-corrected chi connectivity index (χ0v) is 9.33. The Morgan fingerprint density at radius 1 is 1.50 bits per heavy atom. The predicted molar refractivity (Wildman–Crippen MR) is 59.2 cm³/mol. The molecule has 0 bridgehead atoms. The van der Waals surface area contributed by atoms with Crippen LogP contribution in [0.25, 0.3) is 11.0 Å². The van der Waals surface area contributed by atoms with Crippen LogP contribution in [0.2, 0.25) is 0 Å². The molecule has 2 rings (SSSR count). The van der Waals surface area contributed by atoms with E-state index in [1.54, 1.807) is 12.1 Å². The molecule has 0 unspecified atom stereocenters. The average molecular weight is 217 g/mol. The average Bonchev–Trinajstić information content (AvgIpc) is 2.61. The van der Waals surface area contributed by atoms with Gasteiger partial charge in [-0.2, -0.15) is 0 Å². The number of hydrogen-bond donors (Lipinski definition) is 1. The van der Waals surface area contributed by atoms with Crippen molar-refractivity contribution in [3.05, 3.63) is 29.1 Å². The van der Waals surface area contributed by atoms with Crippen LogP contribution in [-0.2, 0) is 6.42 Å². The minimum atomic E-state index is -1.16. The molecule has 1 N–H and O–H groups in total. The Labute approximate surface area is 93.3 Å². The molecule has 1 heterocycles. The lowest BCUT2D eigenvalue weighted by Gasteiger charge is -2.03. The Morgan fingerprint density at radius 2 is 2.25 bits per heavy atom. The van der Waals surface area contributed by atoms with Crippen LogP contribution in [0.5, 0.6) is 0 Å². The molecule has 2 aromatic rings. The third kappa shape index (κ3) is 1.78. The van der Waals surface area contributed by atoms with E-state index in [4.69, 9.17) is 0 Å². The first-order valence-electron chi connectivity index (χ1n) is 5.32. The Kier molecular flexibility index (Phi) is 2.64. The third-order valence-electron chi connectivity index (χ3n) is 2.55. The van der Waals surface area contributed by atoms with Gasteiger partial charge in [-0.15, -0.1) is 0 Å². The van der Waals surface area contributed by atoms with E-state index in [9.17, 15) is 9.90 Å². The van der Waals surface area contributed by atoms with E-state index in [1.807, 2.05) is 6.92 Å². The highest BCUT2D eigenvalue weighted by atomic mass is 16.4. The highest BCUT2D eigenvalue weighted by molar-refractivity contribution is 5.92. The lowest BCUT2D eigenvalue weighted by molar-refractivity contribution is -0.255. The van der Waals surface area contributed by atoms with Crippen LogP contribution in [0.3, 0.4) is 0 Å². The lowest BCUT2D eigenvalue weighted by Crippen LogP contribution is -2.22. The number of aromatic amines is 1. The number of aryl methyl sites for hydroxylation is 2. The Bertz CT molecular complexity index is 543. The predicted octanol–water partition coefficient (Wildman–Crippen LogP) is 1.19. The van der Waals surface area contributed by atoms with Crippen molar-refractivity contribution in [1.29, 1.82) is 0 Å². The molecule has 0 aliphatic carbocycles. The molecule has 1 aromatic heterocycles. The number of carbonyl (C=O) groups excluding carboxylic acids is 1. The van der Waals surface area contributed by atoms with Crippen molar-refractivity contribution in [1.82, 2.24) is 9.97 Å². The number of hydrogen-bond acceptors (Lipinski definition) is 3. The second kappa shape index (κ2) is 3.96. The fraction of sp³-hybridized carbons (Fsp3) is 0.333. The lowest BCUT2D eigenvalue weighted by atomic mass is 10.1. The van der Waals surface area contributed by atoms with Gasteiger partial charge >= 0.3 is 0 Å². The fourth-order valence-electron chi connectivity index (χ4n) is 1.81. The van der Waals surface area contributed by atoms with Crippen LogP contribution >= 0.6 is 0 Å². The van der Waals surface area contributed by atoms with Crippen molar-refractivity contribution in [3.8, 4) is 0 Å². The van der Waals surface area contributed by atoms with Crippen molar-refractivity contribution in [2.24, 2.45) is 0 Å². The SMILES string of the molecule is CCCc1nc2c(C)cc(C(=O)[O-])cc2[nH]1. The number of imidazole rings is 1. The number of nitrogens with one attached hydrogen (secondary N) is 1. The molecule has 1 aromatic carbocycles. The number of aromatic carboxylic acids is 1. The van der Waals surface area contributed by atoms with Crippen LogP contribution in [-0.4, -0.2) is 15.9 Å². The first-order valence-corrected chi connectivity index (χ1v) is 5.32. The normalized spacial score (nSPS) is 10.9. The highest BCUT2D eigenvalue weighted by Crippen LogP contribution is 2.18. The number of carboxylic acid groups (broad SMARTS) is 1. The number of aromatic nitrogens is 2. The maximum absolute atomic E-state index is 10.8. The fourth-order valence-corrected chi connectivity index (χ4v) is 1.81. The number of benzene rings is 1. The topological polar surface area (TPSA) is 68.8 Å². The summed E-state index contributed by atoms with van der Waals surface area (Å²) >= 11 is 0. The molecule has 0 fully saturated rings. The second-order valence-corrected chi connectivity index (χ2v) is 3.91. The zero-order chi connectivity index (χ0) is 11.7. The molecule has 0 atom stereocenters. The summed E-state index contributed by atoms with van der Waals surface area (Å²) in [5, 5.41) is 10.8. The van der Waals surface area contributed by atoms with Crippen LogP contribution in [0.15, 0.2) is 12.1 Å². The van der Waals surface area contributed by atoms with Gasteiger partial charge in [-0.25, -0.2) is 4.98 Å². The van der Waals surface area contributed by atoms with E-state index in [1.165, 1.54) is 0 Å². The Morgan fingerprint density at radius 3 is 2.88 bits per heavy atom. The number of H-pyrrole nitrogens is 1. The number of nitrogens with zero attached hydrogens (tertiary/aromatic N) is 1. The van der Waals surface area contributed by atoms with Crippen molar-refractivity contribution in [3.63, 3.8) is 0 Å². The van der Waals surface area contributed by atoms with Gasteiger partial charge in [-0.1, -0.05) is 6.92 Å². The first kappa shape index (κ1) is 10.7. The molecule has 0 spiro atoms. The van der Waals surface area contributed by atoms with Crippen LogP contribution in [0, 0.1) is 6.92 Å². The monoisotopic (exact) mass is 217 g/mol. The quantitative estimate of drug-likeness (QED) is 0.839. The Balaban J connectivity index is 2.58. The van der Waals surface area contributed by atoms with Crippen LogP contribution in [0.1, 0.15) is 35.1 Å². The van der Waals surface area contributed by atoms with E-state index in [-0.39, 0.29) is 5.56 Å². The van der Waals surface area contributed by atoms with Crippen LogP contribution in [0.4, 0.5) is 0 Å². The molecule has 84 valence electrons. The molecular formula is C12H13N2O2-. The smallest absolute Gasteiger partial charge is 0.107 e. The minimum Gasteiger partial charge on any atom is -0.545 e. The molecule has 0 amide bonds. The van der Waals surface area contributed by atoms with Crippen molar-refractivity contribution < 1.29 is 9.90 Å². The molecule has 4 nitrogen and oxygen atoms in total. The summed E-state index contributed by atoms with van der Waals surface area (Å²) in [6, 6.07) is 3.16. The van der Waals surface area contributed by atoms with Gasteiger partial charge in [-0.3, -0.25) is 0 Å². The molecule has 0 radical (unpaired) electrons. The minimum absolute atomic E-state index is 0.191. The van der Waals surface area contributed by atoms with Gasteiger partial charge in [0, 0.05) is 6.42 Å². The zero-order valence-electron chi connectivity index (χ0n) is 9.33. The largest absolute Gasteiger partial charge is 0.545 e. The molecule has 0 saturated heterocycles. The summed E-state index contributed by atoms with van der Waals surface area (Å²) in [4.78, 5) is 18.3. The standard InChI is InChI=1S/C12H14N2O2/c1-3-4-10-13-9-6-8(12(15)16)5-7(2)11(9)14-10/h5-6H,3-4H2,1-2H3,(H,13,14)(H,15,16)/p-1. The summed E-state index contributed by atoms with van der Waals surface area (Å²) in [5.41, 5.74) is 2.66. The van der Waals surface area contributed by atoms with Gasteiger partial charge in [0.1, 0.15) is 5.82 Å². The highest BCUT2D eigenvalue weighted by Gasteiger charge is 2.07. The molecule has 0 saturated carbocycles. The molecular weight excluding hydrogens is 204 g/mol. The number of carboxylic acids is 1. The van der Waals surface area contributed by atoms with Gasteiger partial charge < -0.3 is 14.9 Å². The summed E-state index contributed by atoms with van der Waals surface area (Å²) < 4.78 is 0. The van der Waals surface area contributed by atoms with E-state index in [0.717, 1.165) is 35.3 Å². The maximum Gasteiger partial charge on any atom is 0.107 e. The van der Waals surface area contributed by atoms with Crippen molar-refractivity contribution >= 4 is 17.0 Å². The van der Waals surface area contributed by atoms with Crippen LogP contribution < -0.4 is 5.11 Å². The van der Waals surface area contributed by atoms with Gasteiger partial charge in [0.15, 0.2) is 0 Å². The van der Waals surface area contributed by atoms with Gasteiger partial charge in [0.2, 0.25) is 0 Å². The number of rotatable bonds is 3. The van der Waals surface area contributed by atoms with E-state index < -0.39 is 5.97 Å². The molecule has 4 heteroatoms. The summed E-state index contributed by atoms with van der Waals surface area (Å²) in [6.45, 7) is 3.93. The molecule has 0 aliphatic rings. The van der Waals surface area contributed by atoms with E-state index in [0.29, 0.717) is 0 Å². The third-order valence-corrected chi connectivity index (χ3v) is 2.55. The van der Waals surface area contributed by atoms with E-state index >= 15 is 0 Å². The van der Waals surface area contributed by atoms with Gasteiger partial charge in [0.25, 0.3) is 0 Å². The maximum atomic E-state index is 10.8. The van der Waals surface area contributed by atoms with Gasteiger partial charge in [-0.05, 0) is 36.6 Å². The van der Waals surface area contributed by atoms with Gasteiger partial charge in [0.05, 0.1) is 17.0 Å². The second-order valence-electron chi connectivity index (χ2n) is 3.91. The summed E-state index contributed by atoms with van der Waals surface area (Å²) in [6.07, 6.45) is 1.88. The van der Waals surface area contributed by atoms with E-state index in [2.05, 4.69) is 16.9 Å². The summed E-state index contributed by atoms with van der Waals surface area (Å²) in [5.74, 6) is -0.257. The molecule has 0 aliphatic heterocycles. The Hall–Kier alpha value is -1.84.